The highest BCUT2D eigenvalue weighted by Gasteiger charge is 2.27. The van der Waals surface area contributed by atoms with Crippen molar-refractivity contribution in [3.8, 4) is 6.07 Å². The molecule has 1 aromatic heterocycles. The molecule has 0 bridgehead atoms. The van der Waals surface area contributed by atoms with Crippen LogP contribution in [0, 0.1) is 11.3 Å². The molecule has 2 atom stereocenters. The zero-order chi connectivity index (χ0) is 17.8. The summed E-state index contributed by atoms with van der Waals surface area (Å²) in [7, 11) is 0. The lowest BCUT2D eigenvalue weighted by molar-refractivity contribution is 0.0937. The van der Waals surface area contributed by atoms with Gasteiger partial charge in [0.1, 0.15) is 0 Å². The van der Waals surface area contributed by atoms with Crippen LogP contribution < -0.4 is 5.32 Å². The number of thioether (sulfide) groups is 1. The zero-order valence-electron chi connectivity index (χ0n) is 14.7. The maximum absolute atomic E-state index is 8.92. The fourth-order valence-corrected chi connectivity index (χ4v) is 4.47. The molecule has 136 valence electrons. The fraction of sp³-hybridized carbons (Fsp3) is 0.526. The van der Waals surface area contributed by atoms with Gasteiger partial charge in [-0.15, -0.1) is 10.2 Å². The molecule has 2 aliphatic heterocycles. The number of nitriles is 1. The SMILES string of the molecule is N#Cc1ccc(CSc2nnc(C3CCCN3)n2CC2CCCO2)cc1. The standard InChI is InChI=1S/C19H23N5OS/c20-11-14-5-7-15(8-6-14)13-26-19-23-22-18(17-4-1-9-21-17)24(19)12-16-3-2-10-25-16/h5-8,16-17,21H,1-4,9-10,12-13H2. The molecule has 4 rings (SSSR count). The Hall–Kier alpha value is -1.88. The maximum atomic E-state index is 8.92. The predicted molar refractivity (Wildman–Crippen MR) is 99.7 cm³/mol. The molecule has 2 aromatic rings. The highest BCUT2D eigenvalue weighted by atomic mass is 32.2. The van der Waals surface area contributed by atoms with E-state index in [2.05, 4.69) is 26.2 Å². The van der Waals surface area contributed by atoms with Crippen molar-refractivity contribution in [2.45, 2.75) is 55.3 Å². The highest BCUT2D eigenvalue weighted by molar-refractivity contribution is 7.98. The minimum absolute atomic E-state index is 0.264. The number of nitrogens with zero attached hydrogens (tertiary/aromatic N) is 4. The Labute approximate surface area is 157 Å². The van der Waals surface area contributed by atoms with Gasteiger partial charge in [-0.2, -0.15) is 5.26 Å². The molecule has 2 aliphatic rings. The molecule has 1 aromatic carbocycles. The minimum Gasteiger partial charge on any atom is -0.376 e. The third-order valence-corrected chi connectivity index (χ3v) is 6.02. The second kappa shape index (κ2) is 8.21. The summed E-state index contributed by atoms with van der Waals surface area (Å²) in [6.07, 6.45) is 4.81. The molecule has 0 radical (unpaired) electrons. The molecule has 26 heavy (non-hydrogen) atoms. The van der Waals surface area contributed by atoms with Crippen LogP contribution in [0.4, 0.5) is 0 Å². The van der Waals surface area contributed by atoms with Crippen molar-refractivity contribution >= 4 is 11.8 Å². The first-order valence-electron chi connectivity index (χ1n) is 9.23. The van der Waals surface area contributed by atoms with E-state index >= 15 is 0 Å². The molecule has 2 saturated heterocycles. The lowest BCUT2D eigenvalue weighted by atomic mass is 10.2. The average Bonchev–Trinajstić information content (AvgIpc) is 3.43. The lowest BCUT2D eigenvalue weighted by Gasteiger charge is -2.17. The Morgan fingerprint density at radius 1 is 1.23 bits per heavy atom. The van der Waals surface area contributed by atoms with Gasteiger partial charge in [-0.05, 0) is 49.9 Å². The number of benzene rings is 1. The van der Waals surface area contributed by atoms with E-state index in [1.54, 1.807) is 11.8 Å². The number of rotatable bonds is 6. The first kappa shape index (κ1) is 17.5. The van der Waals surface area contributed by atoms with Gasteiger partial charge in [0.05, 0.1) is 30.3 Å². The molecule has 0 saturated carbocycles. The van der Waals surface area contributed by atoms with E-state index < -0.39 is 0 Å². The van der Waals surface area contributed by atoms with Crippen LogP contribution in [0.3, 0.4) is 0 Å². The largest absolute Gasteiger partial charge is 0.376 e. The molecule has 6 nitrogen and oxygen atoms in total. The van der Waals surface area contributed by atoms with Gasteiger partial charge in [0.2, 0.25) is 0 Å². The van der Waals surface area contributed by atoms with E-state index in [4.69, 9.17) is 10.00 Å². The fourth-order valence-electron chi connectivity index (χ4n) is 3.56. The number of nitrogens with one attached hydrogen (secondary N) is 1. The van der Waals surface area contributed by atoms with E-state index in [9.17, 15) is 0 Å². The van der Waals surface area contributed by atoms with Crippen LogP contribution in [-0.4, -0.2) is 34.0 Å². The molecule has 7 heteroatoms. The van der Waals surface area contributed by atoms with Gasteiger partial charge in [-0.1, -0.05) is 23.9 Å². The van der Waals surface area contributed by atoms with Gasteiger partial charge in [-0.3, -0.25) is 0 Å². The molecule has 0 spiro atoms. The van der Waals surface area contributed by atoms with Crippen molar-refractivity contribution in [3.63, 3.8) is 0 Å². The summed E-state index contributed by atoms with van der Waals surface area (Å²) in [4.78, 5) is 0. The van der Waals surface area contributed by atoms with E-state index in [1.807, 2.05) is 24.3 Å². The van der Waals surface area contributed by atoms with E-state index in [0.717, 1.165) is 55.7 Å². The molecule has 2 unspecified atom stereocenters. The third-order valence-electron chi connectivity index (χ3n) is 4.98. The molecule has 0 amide bonds. The normalized spacial score (nSPS) is 22.6. The van der Waals surface area contributed by atoms with E-state index in [1.165, 1.54) is 12.0 Å². The summed E-state index contributed by atoms with van der Waals surface area (Å²) in [5.41, 5.74) is 1.87. The Kier molecular flexibility index (Phi) is 5.54. The highest BCUT2D eigenvalue weighted by Crippen LogP contribution is 2.29. The topological polar surface area (TPSA) is 75.8 Å². The molecule has 1 N–H and O–H groups in total. The van der Waals surface area contributed by atoms with Crippen molar-refractivity contribution in [1.82, 2.24) is 20.1 Å². The van der Waals surface area contributed by atoms with Gasteiger partial charge in [0, 0.05) is 12.4 Å². The minimum atomic E-state index is 0.264. The van der Waals surface area contributed by atoms with E-state index in [0.29, 0.717) is 11.6 Å². The summed E-state index contributed by atoms with van der Waals surface area (Å²) in [5, 5.41) is 22.4. The van der Waals surface area contributed by atoms with Gasteiger partial charge in [-0.25, -0.2) is 0 Å². The Bertz CT molecular complexity index is 770. The molecule has 3 heterocycles. The van der Waals surface area contributed by atoms with Gasteiger partial charge < -0.3 is 14.6 Å². The number of hydrogen-bond acceptors (Lipinski definition) is 6. The summed E-state index contributed by atoms with van der Waals surface area (Å²) >= 11 is 1.70. The first-order valence-corrected chi connectivity index (χ1v) is 10.2. The lowest BCUT2D eigenvalue weighted by Crippen LogP contribution is -2.23. The second-order valence-electron chi connectivity index (χ2n) is 6.83. The monoisotopic (exact) mass is 369 g/mol. The Morgan fingerprint density at radius 2 is 2.12 bits per heavy atom. The van der Waals surface area contributed by atoms with Gasteiger partial charge in [0.15, 0.2) is 11.0 Å². The van der Waals surface area contributed by atoms with Crippen LogP contribution >= 0.6 is 11.8 Å². The first-order chi connectivity index (χ1) is 12.8. The van der Waals surface area contributed by atoms with Crippen LogP contribution in [-0.2, 0) is 17.0 Å². The zero-order valence-corrected chi connectivity index (χ0v) is 15.5. The second-order valence-corrected chi connectivity index (χ2v) is 7.78. The Morgan fingerprint density at radius 3 is 2.81 bits per heavy atom. The van der Waals surface area contributed by atoms with Crippen molar-refractivity contribution in [3.05, 3.63) is 41.2 Å². The van der Waals surface area contributed by atoms with Gasteiger partial charge >= 0.3 is 0 Å². The average molecular weight is 369 g/mol. The molecular weight excluding hydrogens is 346 g/mol. The number of hydrogen-bond donors (Lipinski definition) is 1. The Balaban J connectivity index is 1.50. The summed E-state index contributed by atoms with van der Waals surface area (Å²) in [6.45, 7) is 2.74. The van der Waals surface area contributed by atoms with Crippen LogP contribution in [0.25, 0.3) is 0 Å². The third kappa shape index (κ3) is 3.93. The van der Waals surface area contributed by atoms with Crippen molar-refractivity contribution in [1.29, 1.82) is 5.26 Å². The van der Waals surface area contributed by atoms with Crippen LogP contribution in [0.5, 0.6) is 0 Å². The van der Waals surface area contributed by atoms with Gasteiger partial charge in [0.25, 0.3) is 0 Å². The molecule has 2 fully saturated rings. The predicted octanol–water partition coefficient (Wildman–Crippen LogP) is 3.05. The maximum Gasteiger partial charge on any atom is 0.191 e. The van der Waals surface area contributed by atoms with E-state index in [-0.39, 0.29) is 6.10 Å². The summed E-state index contributed by atoms with van der Waals surface area (Å²) in [6, 6.07) is 10.2. The quantitative estimate of drug-likeness (QED) is 0.789. The number of aromatic nitrogens is 3. The van der Waals surface area contributed by atoms with Crippen LogP contribution in [0.2, 0.25) is 0 Å². The van der Waals surface area contributed by atoms with Crippen molar-refractivity contribution < 1.29 is 4.74 Å². The smallest absolute Gasteiger partial charge is 0.191 e. The van der Waals surface area contributed by atoms with Crippen LogP contribution in [0.1, 0.15) is 48.7 Å². The molecule has 0 aliphatic carbocycles. The van der Waals surface area contributed by atoms with Crippen LogP contribution in [0.15, 0.2) is 29.4 Å². The number of ether oxygens (including phenoxy) is 1. The molecular formula is C19H23N5OS. The summed E-state index contributed by atoms with van der Waals surface area (Å²) in [5.74, 6) is 1.85. The summed E-state index contributed by atoms with van der Waals surface area (Å²) < 4.78 is 8.11. The van der Waals surface area contributed by atoms with Crippen molar-refractivity contribution in [2.75, 3.05) is 13.2 Å². The van der Waals surface area contributed by atoms with Crippen molar-refractivity contribution in [2.24, 2.45) is 0 Å².